The lowest BCUT2D eigenvalue weighted by atomic mass is 10.00. The summed E-state index contributed by atoms with van der Waals surface area (Å²) >= 11 is 0. The van der Waals surface area contributed by atoms with Gasteiger partial charge in [-0.2, -0.15) is 5.10 Å². The Morgan fingerprint density at radius 1 is 1.11 bits per heavy atom. The van der Waals surface area contributed by atoms with Crippen molar-refractivity contribution in [3.05, 3.63) is 54.5 Å². The molecule has 0 bridgehead atoms. The number of fused-ring (bicyclic) bond motifs is 1. The molecule has 0 radical (unpaired) electrons. The number of rotatable bonds is 8. The largest absolute Gasteiger partial charge is 0.399 e. The molecule has 1 amide bonds. The molecule has 0 unspecified atom stereocenters. The summed E-state index contributed by atoms with van der Waals surface area (Å²) in [6, 6.07) is 11.8. The number of aromatic nitrogens is 4. The molecule has 1 aliphatic heterocycles. The molecule has 1 aromatic carbocycles. The number of nitrogens with one attached hydrogen (secondary N) is 2. The number of aryl methyl sites for hydroxylation is 1. The summed E-state index contributed by atoms with van der Waals surface area (Å²) in [5.41, 5.74) is 12.2. The van der Waals surface area contributed by atoms with Gasteiger partial charge in [0.15, 0.2) is 0 Å². The van der Waals surface area contributed by atoms with E-state index in [-0.39, 0.29) is 12.3 Å². The van der Waals surface area contributed by atoms with Crippen LogP contribution in [-0.4, -0.2) is 81.8 Å². The average molecular weight is 487 g/mol. The quantitative estimate of drug-likeness (QED) is 0.331. The molecule has 5 rings (SSSR count). The SMILES string of the molecule is CCn1cc(-c2ccnc3[nH]c(CC(=O)NCCN4CCN(C)CC4)cc23)c(-c2ccc(N)cc2)n1. The summed E-state index contributed by atoms with van der Waals surface area (Å²) in [6.07, 6.45) is 4.15. The zero-order chi connectivity index (χ0) is 25.1. The van der Waals surface area contributed by atoms with Crippen LogP contribution in [0.15, 0.2) is 48.8 Å². The number of amides is 1. The molecule has 0 aliphatic carbocycles. The Balaban J connectivity index is 1.33. The molecule has 0 atom stereocenters. The second-order valence-corrected chi connectivity index (χ2v) is 9.46. The number of anilines is 1. The number of benzene rings is 1. The van der Waals surface area contributed by atoms with Gasteiger partial charge in [0.1, 0.15) is 11.3 Å². The average Bonchev–Trinajstić information content (AvgIpc) is 3.49. The second kappa shape index (κ2) is 10.5. The molecule has 1 fully saturated rings. The van der Waals surface area contributed by atoms with Crippen molar-refractivity contribution in [2.24, 2.45) is 0 Å². The Morgan fingerprint density at radius 2 is 1.89 bits per heavy atom. The third-order valence-corrected chi connectivity index (χ3v) is 6.84. The predicted octanol–water partition coefficient (Wildman–Crippen LogP) is 2.60. The molecule has 9 nitrogen and oxygen atoms in total. The van der Waals surface area contributed by atoms with Crippen LogP contribution in [0.5, 0.6) is 0 Å². The summed E-state index contributed by atoms with van der Waals surface area (Å²) in [5, 5.41) is 8.86. The fraction of sp³-hybridized carbons (Fsp3) is 0.370. The molecule has 188 valence electrons. The summed E-state index contributed by atoms with van der Waals surface area (Å²) in [4.78, 5) is 25.2. The van der Waals surface area contributed by atoms with Crippen LogP contribution in [0.4, 0.5) is 5.69 Å². The van der Waals surface area contributed by atoms with Crippen molar-refractivity contribution in [2.45, 2.75) is 19.9 Å². The van der Waals surface area contributed by atoms with Gasteiger partial charge >= 0.3 is 0 Å². The van der Waals surface area contributed by atoms with Crippen molar-refractivity contribution in [2.75, 3.05) is 52.0 Å². The van der Waals surface area contributed by atoms with Crippen LogP contribution >= 0.6 is 0 Å². The third kappa shape index (κ3) is 5.27. The lowest BCUT2D eigenvalue weighted by Crippen LogP contribution is -2.47. The summed E-state index contributed by atoms with van der Waals surface area (Å²) in [5.74, 6) is 0.0126. The van der Waals surface area contributed by atoms with E-state index in [2.05, 4.69) is 45.3 Å². The van der Waals surface area contributed by atoms with Gasteiger partial charge in [0.05, 0.1) is 6.42 Å². The third-order valence-electron chi connectivity index (χ3n) is 6.84. The van der Waals surface area contributed by atoms with Crippen molar-refractivity contribution in [1.82, 2.24) is 34.9 Å². The van der Waals surface area contributed by atoms with E-state index in [1.807, 2.05) is 41.1 Å². The number of carbonyl (C=O) groups is 1. The van der Waals surface area contributed by atoms with Gasteiger partial charge in [-0.05, 0) is 43.8 Å². The van der Waals surface area contributed by atoms with Gasteiger partial charge in [0.25, 0.3) is 0 Å². The number of carbonyl (C=O) groups excluding carboxylic acids is 1. The van der Waals surface area contributed by atoms with Crippen LogP contribution in [0.25, 0.3) is 33.4 Å². The first-order valence-corrected chi connectivity index (χ1v) is 12.6. The summed E-state index contributed by atoms with van der Waals surface area (Å²) in [7, 11) is 2.15. The molecule has 0 spiro atoms. The predicted molar refractivity (Wildman–Crippen MR) is 143 cm³/mol. The molecule has 9 heteroatoms. The van der Waals surface area contributed by atoms with Crippen molar-refractivity contribution in [1.29, 1.82) is 0 Å². The lowest BCUT2D eigenvalue weighted by Gasteiger charge is -2.32. The molecule has 4 N–H and O–H groups in total. The molecular formula is C27H34N8O. The molecular weight excluding hydrogens is 452 g/mol. The maximum atomic E-state index is 12.6. The fourth-order valence-electron chi connectivity index (χ4n) is 4.71. The number of nitrogens with two attached hydrogens (primary N) is 1. The number of piperazine rings is 1. The second-order valence-electron chi connectivity index (χ2n) is 9.46. The molecule has 4 aromatic rings. The van der Waals surface area contributed by atoms with Crippen LogP contribution in [0.1, 0.15) is 12.6 Å². The first-order valence-electron chi connectivity index (χ1n) is 12.6. The zero-order valence-corrected chi connectivity index (χ0v) is 21.0. The number of H-pyrrole nitrogens is 1. The fourth-order valence-corrected chi connectivity index (χ4v) is 4.71. The zero-order valence-electron chi connectivity index (χ0n) is 21.0. The minimum Gasteiger partial charge on any atom is -0.399 e. The van der Waals surface area contributed by atoms with Crippen LogP contribution < -0.4 is 11.1 Å². The molecule has 1 saturated heterocycles. The van der Waals surface area contributed by atoms with E-state index < -0.39 is 0 Å². The number of nitrogens with zero attached hydrogens (tertiary/aromatic N) is 5. The number of hydrogen-bond acceptors (Lipinski definition) is 6. The lowest BCUT2D eigenvalue weighted by molar-refractivity contribution is -0.120. The van der Waals surface area contributed by atoms with Gasteiger partial charge in [-0.25, -0.2) is 4.98 Å². The van der Waals surface area contributed by atoms with Crippen molar-refractivity contribution in [3.63, 3.8) is 0 Å². The molecule has 3 aromatic heterocycles. The maximum absolute atomic E-state index is 12.6. The van der Waals surface area contributed by atoms with Crippen molar-refractivity contribution < 1.29 is 4.79 Å². The highest BCUT2D eigenvalue weighted by Crippen LogP contribution is 2.35. The van der Waals surface area contributed by atoms with Gasteiger partial charge in [-0.3, -0.25) is 14.4 Å². The van der Waals surface area contributed by atoms with E-state index in [9.17, 15) is 4.79 Å². The number of nitrogen functional groups attached to an aromatic ring is 1. The summed E-state index contributed by atoms with van der Waals surface area (Å²) < 4.78 is 1.94. The van der Waals surface area contributed by atoms with E-state index in [4.69, 9.17) is 10.8 Å². The van der Waals surface area contributed by atoms with E-state index >= 15 is 0 Å². The topological polar surface area (TPSA) is 108 Å². The Hall–Kier alpha value is -3.69. The van der Waals surface area contributed by atoms with Gasteiger partial charge in [0.2, 0.25) is 5.91 Å². The summed E-state index contributed by atoms with van der Waals surface area (Å²) in [6.45, 7) is 8.64. The minimum atomic E-state index is 0.0126. The van der Waals surface area contributed by atoms with E-state index in [1.165, 1.54) is 0 Å². The molecule has 0 saturated carbocycles. The first kappa shape index (κ1) is 24.0. The maximum Gasteiger partial charge on any atom is 0.225 e. The van der Waals surface area contributed by atoms with Crippen molar-refractivity contribution >= 4 is 22.6 Å². The van der Waals surface area contributed by atoms with Gasteiger partial charge < -0.3 is 20.9 Å². The van der Waals surface area contributed by atoms with Gasteiger partial charge in [-0.1, -0.05) is 12.1 Å². The standard InChI is InChI=1S/C27H34N8O/c1-3-35-18-24(26(32-35)19-4-6-20(28)7-5-19)22-8-9-30-27-23(22)16-21(31-27)17-25(36)29-10-11-34-14-12-33(2)13-15-34/h4-9,16,18H,3,10-15,17,28H2,1-2H3,(H,29,36)(H,30,31). The monoisotopic (exact) mass is 486 g/mol. The van der Waals surface area contributed by atoms with Crippen LogP contribution in [-0.2, 0) is 17.8 Å². The smallest absolute Gasteiger partial charge is 0.225 e. The number of likely N-dealkylation sites (N-methyl/N-ethyl adjacent to an activating group) is 1. The Bertz CT molecular complexity index is 1330. The van der Waals surface area contributed by atoms with E-state index in [0.717, 1.165) is 84.1 Å². The minimum absolute atomic E-state index is 0.0126. The number of aromatic amines is 1. The molecule has 1 aliphatic rings. The Labute approximate surface area is 211 Å². The van der Waals surface area contributed by atoms with Crippen molar-refractivity contribution in [3.8, 4) is 22.4 Å². The van der Waals surface area contributed by atoms with E-state index in [0.29, 0.717) is 6.54 Å². The highest BCUT2D eigenvalue weighted by molar-refractivity contribution is 5.97. The van der Waals surface area contributed by atoms with Gasteiger partial charge in [0, 0.05) is 86.1 Å². The molecule has 4 heterocycles. The van der Waals surface area contributed by atoms with E-state index in [1.54, 1.807) is 6.20 Å². The highest BCUT2D eigenvalue weighted by Gasteiger charge is 2.18. The number of hydrogen-bond donors (Lipinski definition) is 3. The van der Waals surface area contributed by atoms with Crippen LogP contribution in [0.3, 0.4) is 0 Å². The Kier molecular flexibility index (Phi) is 7.02. The molecule has 36 heavy (non-hydrogen) atoms. The van der Waals surface area contributed by atoms with Gasteiger partial charge in [-0.15, -0.1) is 0 Å². The highest BCUT2D eigenvalue weighted by atomic mass is 16.1. The van der Waals surface area contributed by atoms with Crippen LogP contribution in [0.2, 0.25) is 0 Å². The first-order chi connectivity index (χ1) is 17.5. The van der Waals surface area contributed by atoms with Crippen LogP contribution in [0, 0.1) is 0 Å². The normalized spacial score (nSPS) is 14.9. The Morgan fingerprint density at radius 3 is 2.64 bits per heavy atom. The number of pyridine rings is 1.